The van der Waals surface area contributed by atoms with Crippen molar-refractivity contribution in [1.29, 1.82) is 0 Å². The van der Waals surface area contributed by atoms with Crippen LogP contribution < -0.4 is 0 Å². The first-order chi connectivity index (χ1) is 7.77. The molecule has 2 aromatic rings. The van der Waals surface area contributed by atoms with Crippen LogP contribution in [0.25, 0.3) is 0 Å². The maximum absolute atomic E-state index is 11.7. The molecule has 0 bridgehead atoms. The van der Waals surface area contributed by atoms with Gasteiger partial charge in [-0.3, -0.25) is 5.10 Å². The third-order valence-electron chi connectivity index (χ3n) is 2.02. The molecule has 82 valence electrons. The summed E-state index contributed by atoms with van der Waals surface area (Å²) in [6.07, 6.45) is 3.31. The normalized spacial score (nSPS) is 10.1. The van der Waals surface area contributed by atoms with Gasteiger partial charge in [0.05, 0.1) is 11.8 Å². The zero-order valence-electron chi connectivity index (χ0n) is 8.31. The number of halogens is 1. The lowest BCUT2D eigenvalue weighted by Gasteiger charge is -2.04. The van der Waals surface area contributed by atoms with E-state index < -0.39 is 0 Å². The Bertz CT molecular complexity index is 482. The van der Waals surface area contributed by atoms with Gasteiger partial charge in [0.1, 0.15) is 6.61 Å². The largest absolute Gasteiger partial charge is 0.457 e. The molecule has 1 aromatic carbocycles. The molecule has 0 saturated heterocycles. The maximum atomic E-state index is 11.7. The molecule has 1 aromatic heterocycles. The lowest BCUT2D eigenvalue weighted by molar-refractivity contribution is 0.0471. The average Bonchev–Trinajstić information content (AvgIpc) is 2.79. The minimum absolute atomic E-state index is 0.219. The number of carbonyl (C=O) groups excluding carboxylic acids is 1. The summed E-state index contributed by atoms with van der Waals surface area (Å²) in [7, 11) is 0. The molecule has 0 radical (unpaired) electrons. The van der Waals surface area contributed by atoms with E-state index in [4.69, 9.17) is 4.74 Å². The Hall–Kier alpha value is -1.62. The summed E-state index contributed by atoms with van der Waals surface area (Å²) >= 11 is 3.30. The summed E-state index contributed by atoms with van der Waals surface area (Å²) in [6.45, 7) is 0.219. The third-order valence-corrected chi connectivity index (χ3v) is 2.71. The molecule has 0 aliphatic rings. The van der Waals surface area contributed by atoms with Gasteiger partial charge in [0.25, 0.3) is 0 Å². The quantitative estimate of drug-likeness (QED) is 0.879. The van der Waals surface area contributed by atoms with Crippen molar-refractivity contribution in [3.05, 3.63) is 52.3 Å². The predicted molar refractivity (Wildman–Crippen MR) is 61.8 cm³/mol. The third kappa shape index (κ3) is 2.49. The van der Waals surface area contributed by atoms with E-state index in [2.05, 4.69) is 26.1 Å². The number of aromatic nitrogens is 2. The van der Waals surface area contributed by atoms with Gasteiger partial charge in [0.15, 0.2) is 0 Å². The lowest BCUT2D eigenvalue weighted by Crippen LogP contribution is -2.05. The van der Waals surface area contributed by atoms with Gasteiger partial charge in [-0.1, -0.05) is 12.1 Å². The van der Waals surface area contributed by atoms with Crippen molar-refractivity contribution in [2.24, 2.45) is 0 Å². The van der Waals surface area contributed by atoms with Crippen molar-refractivity contribution in [2.45, 2.75) is 6.61 Å². The number of hydrogen-bond acceptors (Lipinski definition) is 3. The van der Waals surface area contributed by atoms with E-state index >= 15 is 0 Å². The number of H-pyrrole nitrogens is 1. The Labute approximate surface area is 101 Å². The van der Waals surface area contributed by atoms with Crippen molar-refractivity contribution in [3.63, 3.8) is 0 Å². The van der Waals surface area contributed by atoms with Crippen LogP contribution in [-0.2, 0) is 11.3 Å². The summed E-state index contributed by atoms with van der Waals surface area (Å²) in [4.78, 5) is 11.7. The number of carbonyl (C=O) groups is 1. The van der Waals surface area contributed by atoms with Gasteiger partial charge < -0.3 is 4.74 Å². The van der Waals surface area contributed by atoms with Crippen LogP contribution in [0.1, 0.15) is 15.9 Å². The predicted octanol–water partition coefficient (Wildman–Crippen LogP) is 2.53. The van der Waals surface area contributed by atoms with E-state index in [1.807, 2.05) is 6.07 Å². The molecule has 0 amide bonds. The molecule has 5 heteroatoms. The first-order valence-electron chi connectivity index (χ1n) is 4.66. The summed E-state index contributed by atoms with van der Waals surface area (Å²) in [5.41, 5.74) is 1.35. The van der Waals surface area contributed by atoms with Crippen molar-refractivity contribution < 1.29 is 9.53 Å². The van der Waals surface area contributed by atoms with Gasteiger partial charge in [-0.2, -0.15) is 5.10 Å². The molecule has 0 aliphatic heterocycles. The standard InChI is InChI=1S/C11H9BrN2O2/c12-10-4-2-1-3-9(10)11(15)16-7-8-5-13-14-6-8/h1-6H,7H2,(H,13,14). The number of hydrogen-bond donors (Lipinski definition) is 1. The van der Waals surface area contributed by atoms with Crippen LogP contribution in [0.3, 0.4) is 0 Å². The Morgan fingerprint density at radius 2 is 2.25 bits per heavy atom. The fourth-order valence-electron chi connectivity index (χ4n) is 1.21. The monoisotopic (exact) mass is 280 g/mol. The highest BCUT2D eigenvalue weighted by atomic mass is 79.9. The van der Waals surface area contributed by atoms with E-state index in [1.165, 1.54) is 0 Å². The Balaban J connectivity index is 2.01. The van der Waals surface area contributed by atoms with Gasteiger partial charge in [0.2, 0.25) is 0 Å². The Morgan fingerprint density at radius 1 is 1.44 bits per heavy atom. The summed E-state index contributed by atoms with van der Waals surface area (Å²) in [5.74, 6) is -0.353. The molecular weight excluding hydrogens is 272 g/mol. The number of ether oxygens (including phenoxy) is 1. The number of nitrogens with zero attached hydrogens (tertiary/aromatic N) is 1. The van der Waals surface area contributed by atoms with E-state index in [9.17, 15) is 4.79 Å². The van der Waals surface area contributed by atoms with Gasteiger partial charge in [-0.15, -0.1) is 0 Å². The summed E-state index contributed by atoms with van der Waals surface area (Å²) in [6, 6.07) is 7.15. The van der Waals surface area contributed by atoms with E-state index in [-0.39, 0.29) is 12.6 Å². The van der Waals surface area contributed by atoms with Gasteiger partial charge in [-0.05, 0) is 28.1 Å². The molecule has 2 rings (SSSR count). The molecule has 0 atom stereocenters. The molecule has 4 nitrogen and oxygen atoms in total. The molecule has 0 fully saturated rings. The van der Waals surface area contributed by atoms with Gasteiger partial charge >= 0.3 is 5.97 Å². The van der Waals surface area contributed by atoms with Gasteiger partial charge in [0, 0.05) is 16.2 Å². The number of esters is 1. The van der Waals surface area contributed by atoms with Crippen molar-refractivity contribution in [1.82, 2.24) is 10.2 Å². The van der Waals surface area contributed by atoms with Crippen molar-refractivity contribution in [2.75, 3.05) is 0 Å². The van der Waals surface area contributed by atoms with Crippen LogP contribution in [0.5, 0.6) is 0 Å². The second-order valence-electron chi connectivity index (χ2n) is 3.16. The maximum Gasteiger partial charge on any atom is 0.339 e. The highest BCUT2D eigenvalue weighted by molar-refractivity contribution is 9.10. The number of benzene rings is 1. The molecule has 1 heterocycles. The average molecular weight is 281 g/mol. The molecule has 0 aliphatic carbocycles. The Morgan fingerprint density at radius 3 is 2.94 bits per heavy atom. The smallest absolute Gasteiger partial charge is 0.339 e. The first kappa shape index (κ1) is 10.9. The molecule has 0 spiro atoms. The summed E-state index contributed by atoms with van der Waals surface area (Å²) < 4.78 is 5.85. The molecule has 16 heavy (non-hydrogen) atoms. The van der Waals surface area contributed by atoms with Crippen LogP contribution in [-0.4, -0.2) is 16.2 Å². The zero-order chi connectivity index (χ0) is 11.4. The van der Waals surface area contributed by atoms with E-state index in [1.54, 1.807) is 30.6 Å². The Kier molecular flexibility index (Phi) is 3.36. The molecule has 1 N–H and O–H groups in total. The molecule has 0 saturated carbocycles. The fraction of sp³-hybridized carbons (Fsp3) is 0.0909. The van der Waals surface area contributed by atoms with Crippen LogP contribution in [0.2, 0.25) is 0 Å². The second kappa shape index (κ2) is 4.94. The first-order valence-corrected chi connectivity index (χ1v) is 5.46. The van der Waals surface area contributed by atoms with Gasteiger partial charge in [-0.25, -0.2) is 4.79 Å². The number of nitrogens with one attached hydrogen (secondary N) is 1. The lowest BCUT2D eigenvalue weighted by atomic mass is 10.2. The topological polar surface area (TPSA) is 55.0 Å². The van der Waals surface area contributed by atoms with Crippen molar-refractivity contribution in [3.8, 4) is 0 Å². The van der Waals surface area contributed by atoms with E-state index in [0.717, 1.165) is 10.0 Å². The van der Waals surface area contributed by atoms with Crippen LogP contribution in [0.15, 0.2) is 41.1 Å². The van der Waals surface area contributed by atoms with E-state index in [0.29, 0.717) is 5.56 Å². The molecular formula is C11H9BrN2O2. The SMILES string of the molecule is O=C(OCc1cn[nH]c1)c1ccccc1Br. The van der Waals surface area contributed by atoms with Crippen molar-refractivity contribution >= 4 is 21.9 Å². The number of aromatic amines is 1. The highest BCUT2D eigenvalue weighted by Crippen LogP contribution is 2.17. The van der Waals surface area contributed by atoms with Crippen LogP contribution >= 0.6 is 15.9 Å². The minimum Gasteiger partial charge on any atom is -0.457 e. The highest BCUT2D eigenvalue weighted by Gasteiger charge is 2.10. The zero-order valence-corrected chi connectivity index (χ0v) is 9.90. The van der Waals surface area contributed by atoms with Crippen LogP contribution in [0.4, 0.5) is 0 Å². The minimum atomic E-state index is -0.353. The number of rotatable bonds is 3. The van der Waals surface area contributed by atoms with Crippen LogP contribution in [0, 0.1) is 0 Å². The summed E-state index contributed by atoms with van der Waals surface area (Å²) in [5, 5.41) is 6.42. The molecule has 0 unspecified atom stereocenters. The fourth-order valence-corrected chi connectivity index (χ4v) is 1.66. The second-order valence-corrected chi connectivity index (χ2v) is 4.02.